The van der Waals surface area contributed by atoms with Crippen LogP contribution in [0.5, 0.6) is 0 Å². The van der Waals surface area contributed by atoms with Crippen LogP contribution >= 0.6 is 0 Å². The van der Waals surface area contributed by atoms with Crippen LogP contribution < -0.4 is 0 Å². The van der Waals surface area contributed by atoms with Gasteiger partial charge in [-0.1, -0.05) is 20.8 Å². The molecule has 0 heterocycles. The highest BCUT2D eigenvalue weighted by atomic mass is 32.2. The fraction of sp³-hybridized carbons (Fsp3) is 1.00. The zero-order valence-electron chi connectivity index (χ0n) is 7.18. The molecule has 0 aromatic heterocycles. The second kappa shape index (κ2) is 3.37. The Labute approximate surface area is 64.0 Å². The van der Waals surface area contributed by atoms with Gasteiger partial charge in [0.1, 0.15) is 0 Å². The minimum absolute atomic E-state index is 0.0255. The van der Waals surface area contributed by atoms with E-state index in [0.717, 1.165) is 0 Å². The molecule has 0 amide bonds. The first kappa shape index (κ1) is 9.95. The van der Waals surface area contributed by atoms with Crippen LogP contribution in [-0.2, 0) is 9.73 Å². The summed E-state index contributed by atoms with van der Waals surface area (Å²) in [6, 6.07) is 0. The molecule has 62 valence electrons. The molecule has 0 aromatic carbocycles. The maximum atomic E-state index is 11.4. The monoisotopic (exact) mass is 163 g/mol. The Balaban J connectivity index is 4.35. The van der Waals surface area contributed by atoms with Crippen molar-refractivity contribution in [3.8, 4) is 0 Å². The molecule has 0 spiro atoms. The number of hydrogen-bond donors (Lipinski definition) is 1. The SMILES string of the molecule is CC[S@](=N)(=O)[C@H](C)C(C)C. The van der Waals surface area contributed by atoms with Crippen molar-refractivity contribution in [3.63, 3.8) is 0 Å². The second-order valence-electron chi connectivity index (χ2n) is 2.96. The lowest BCUT2D eigenvalue weighted by Crippen LogP contribution is -2.23. The standard InChI is InChI=1S/C7H17NOS/c1-5-10(8,9)7(4)6(2)3/h6-8H,5H2,1-4H3/t7-,10+/m1/s1. The second-order valence-corrected chi connectivity index (χ2v) is 5.74. The zero-order valence-corrected chi connectivity index (χ0v) is 7.99. The van der Waals surface area contributed by atoms with E-state index in [1.54, 1.807) is 0 Å². The highest BCUT2D eigenvalue weighted by molar-refractivity contribution is 7.92. The van der Waals surface area contributed by atoms with Crippen molar-refractivity contribution in [3.05, 3.63) is 0 Å². The van der Waals surface area contributed by atoms with Gasteiger partial charge in [-0.05, 0) is 12.8 Å². The van der Waals surface area contributed by atoms with Crippen molar-refractivity contribution in [2.24, 2.45) is 5.92 Å². The Kier molecular flexibility index (Phi) is 3.36. The molecule has 2 nitrogen and oxygen atoms in total. The number of rotatable bonds is 3. The molecule has 0 aromatic rings. The third-order valence-electron chi connectivity index (χ3n) is 1.97. The molecular formula is C7H17NOS. The molecule has 0 saturated heterocycles. The van der Waals surface area contributed by atoms with Gasteiger partial charge in [0, 0.05) is 20.7 Å². The van der Waals surface area contributed by atoms with Gasteiger partial charge in [-0.25, -0.2) is 4.21 Å². The lowest BCUT2D eigenvalue weighted by molar-refractivity contribution is 0.598. The number of nitrogens with one attached hydrogen (secondary N) is 1. The van der Waals surface area contributed by atoms with E-state index in [4.69, 9.17) is 4.78 Å². The Morgan fingerprint density at radius 1 is 1.40 bits per heavy atom. The fourth-order valence-electron chi connectivity index (χ4n) is 0.703. The molecule has 0 saturated carbocycles. The van der Waals surface area contributed by atoms with Crippen LogP contribution in [0.1, 0.15) is 27.7 Å². The summed E-state index contributed by atoms with van der Waals surface area (Å²) in [7, 11) is -2.30. The van der Waals surface area contributed by atoms with Crippen LogP contribution in [0.2, 0.25) is 0 Å². The van der Waals surface area contributed by atoms with E-state index < -0.39 is 9.73 Å². The van der Waals surface area contributed by atoms with Crippen molar-refractivity contribution in [2.45, 2.75) is 32.9 Å². The Morgan fingerprint density at radius 3 is 1.90 bits per heavy atom. The molecule has 0 rings (SSSR count). The molecule has 0 fully saturated rings. The maximum absolute atomic E-state index is 11.4. The summed E-state index contributed by atoms with van der Waals surface area (Å²) in [5.41, 5.74) is 0. The molecule has 1 N–H and O–H groups in total. The summed E-state index contributed by atoms with van der Waals surface area (Å²) in [5, 5.41) is 0.0255. The average Bonchev–Trinajstić information content (AvgIpc) is 1.86. The quantitative estimate of drug-likeness (QED) is 0.680. The first-order valence-electron chi connectivity index (χ1n) is 3.67. The van der Waals surface area contributed by atoms with Crippen LogP contribution in [-0.4, -0.2) is 15.2 Å². The molecule has 0 bridgehead atoms. The van der Waals surface area contributed by atoms with Crippen LogP contribution in [0.3, 0.4) is 0 Å². The van der Waals surface area contributed by atoms with Gasteiger partial charge in [0.2, 0.25) is 0 Å². The molecule has 10 heavy (non-hydrogen) atoms. The van der Waals surface area contributed by atoms with Crippen molar-refractivity contribution in [1.29, 1.82) is 4.78 Å². The summed E-state index contributed by atoms with van der Waals surface area (Å²) in [6.07, 6.45) is 0. The minimum Gasteiger partial charge on any atom is -0.253 e. The van der Waals surface area contributed by atoms with E-state index >= 15 is 0 Å². The molecular weight excluding hydrogens is 146 g/mol. The lowest BCUT2D eigenvalue weighted by atomic mass is 10.2. The summed E-state index contributed by atoms with van der Waals surface area (Å²) in [6.45, 7) is 7.72. The first-order chi connectivity index (χ1) is 4.41. The topological polar surface area (TPSA) is 40.9 Å². The third kappa shape index (κ3) is 2.29. The van der Waals surface area contributed by atoms with Crippen LogP contribution in [0.4, 0.5) is 0 Å². The largest absolute Gasteiger partial charge is 0.253 e. The van der Waals surface area contributed by atoms with Crippen molar-refractivity contribution in [2.75, 3.05) is 5.75 Å². The molecule has 0 aliphatic rings. The van der Waals surface area contributed by atoms with E-state index in [0.29, 0.717) is 11.7 Å². The van der Waals surface area contributed by atoms with Gasteiger partial charge in [-0.15, -0.1) is 0 Å². The van der Waals surface area contributed by atoms with Crippen molar-refractivity contribution < 1.29 is 4.21 Å². The van der Waals surface area contributed by atoms with Crippen LogP contribution in [0.25, 0.3) is 0 Å². The normalized spacial score (nSPS) is 20.5. The lowest BCUT2D eigenvalue weighted by Gasteiger charge is -2.17. The predicted octanol–water partition coefficient (Wildman–Crippen LogP) is 2.10. The van der Waals surface area contributed by atoms with Crippen LogP contribution in [0.15, 0.2) is 0 Å². The molecule has 0 unspecified atom stereocenters. The number of hydrogen-bond acceptors (Lipinski definition) is 2. The third-order valence-corrected chi connectivity index (χ3v) is 4.57. The molecule has 0 aliphatic carbocycles. The fourth-order valence-corrected chi connectivity index (χ4v) is 2.11. The Hall–Kier alpha value is -0.0500. The highest BCUT2D eigenvalue weighted by Gasteiger charge is 2.17. The average molecular weight is 163 g/mol. The van der Waals surface area contributed by atoms with E-state index in [9.17, 15) is 4.21 Å². The van der Waals surface area contributed by atoms with E-state index in [1.807, 2.05) is 27.7 Å². The van der Waals surface area contributed by atoms with E-state index in [1.165, 1.54) is 0 Å². The Bertz CT molecular complexity index is 182. The van der Waals surface area contributed by atoms with Gasteiger partial charge in [-0.2, -0.15) is 0 Å². The van der Waals surface area contributed by atoms with Crippen molar-refractivity contribution in [1.82, 2.24) is 0 Å². The van der Waals surface area contributed by atoms with Gasteiger partial charge >= 0.3 is 0 Å². The maximum Gasteiger partial charge on any atom is 0.0467 e. The summed E-state index contributed by atoms with van der Waals surface area (Å²) < 4.78 is 18.8. The summed E-state index contributed by atoms with van der Waals surface area (Å²) in [5.74, 6) is 0.830. The van der Waals surface area contributed by atoms with Gasteiger partial charge in [-0.3, -0.25) is 4.78 Å². The van der Waals surface area contributed by atoms with E-state index in [-0.39, 0.29) is 5.25 Å². The molecule has 3 heteroatoms. The van der Waals surface area contributed by atoms with Crippen molar-refractivity contribution >= 4 is 9.73 Å². The predicted molar refractivity (Wildman–Crippen MR) is 45.7 cm³/mol. The van der Waals surface area contributed by atoms with Gasteiger partial charge < -0.3 is 0 Å². The van der Waals surface area contributed by atoms with Gasteiger partial charge in [0.25, 0.3) is 0 Å². The zero-order chi connectivity index (χ0) is 8.36. The van der Waals surface area contributed by atoms with Crippen LogP contribution in [0, 0.1) is 10.7 Å². The summed E-state index contributed by atoms with van der Waals surface area (Å²) >= 11 is 0. The highest BCUT2D eigenvalue weighted by Crippen LogP contribution is 2.12. The minimum atomic E-state index is -2.30. The summed E-state index contributed by atoms with van der Waals surface area (Å²) in [4.78, 5) is 0. The molecule has 0 radical (unpaired) electrons. The molecule has 0 aliphatic heterocycles. The Morgan fingerprint density at radius 2 is 1.80 bits per heavy atom. The van der Waals surface area contributed by atoms with E-state index in [2.05, 4.69) is 0 Å². The van der Waals surface area contributed by atoms with Gasteiger partial charge in [0.15, 0.2) is 0 Å². The van der Waals surface area contributed by atoms with Gasteiger partial charge in [0.05, 0.1) is 0 Å². The smallest absolute Gasteiger partial charge is 0.0467 e. The molecule has 2 atom stereocenters. The first-order valence-corrected chi connectivity index (χ1v) is 5.46.